The summed E-state index contributed by atoms with van der Waals surface area (Å²) in [6, 6.07) is 13.8. The van der Waals surface area contributed by atoms with E-state index in [-0.39, 0.29) is 5.69 Å². The molecular weight excluding hydrogens is 400 g/mol. The van der Waals surface area contributed by atoms with Crippen molar-refractivity contribution in [2.24, 2.45) is 10.1 Å². The molecule has 3 aromatic heterocycles. The zero-order valence-corrected chi connectivity index (χ0v) is 16.7. The average molecular weight is 416 g/mol. The normalized spacial score (nSPS) is 12.2. The molecule has 0 spiro atoms. The third-order valence-electron chi connectivity index (χ3n) is 4.26. The summed E-state index contributed by atoms with van der Waals surface area (Å²) in [7, 11) is 0. The molecule has 0 atom stereocenters. The number of hydrogen-bond acceptors (Lipinski definition) is 7. The number of nitro benzene ring substituents is 1. The Balaban J connectivity index is 1.87. The first-order chi connectivity index (χ1) is 14.6. The van der Waals surface area contributed by atoms with E-state index >= 15 is 0 Å². The van der Waals surface area contributed by atoms with Crippen LogP contribution >= 0.6 is 11.3 Å². The van der Waals surface area contributed by atoms with Gasteiger partial charge in [-0.15, -0.1) is 11.3 Å². The second kappa shape index (κ2) is 8.58. The smallest absolute Gasteiger partial charge is 0.264 e. The molecule has 9 heteroatoms. The molecule has 0 aliphatic carbocycles. The summed E-state index contributed by atoms with van der Waals surface area (Å²) in [4.78, 5) is 24.1. The predicted molar refractivity (Wildman–Crippen MR) is 116 cm³/mol. The maximum atomic E-state index is 11.0. The maximum Gasteiger partial charge on any atom is 0.269 e. The van der Waals surface area contributed by atoms with Gasteiger partial charge in [-0.25, -0.2) is 9.67 Å². The van der Waals surface area contributed by atoms with Crippen LogP contribution in [0.4, 0.5) is 11.4 Å². The third-order valence-corrected chi connectivity index (χ3v) is 5.08. The van der Waals surface area contributed by atoms with Gasteiger partial charge in [-0.2, -0.15) is 5.10 Å². The van der Waals surface area contributed by atoms with Gasteiger partial charge in [-0.3, -0.25) is 20.1 Å². The van der Waals surface area contributed by atoms with Crippen molar-refractivity contribution in [1.82, 2.24) is 14.6 Å². The molecule has 1 aromatic carbocycles. The highest BCUT2D eigenvalue weighted by Crippen LogP contribution is 2.24. The van der Waals surface area contributed by atoms with Crippen molar-refractivity contribution in [3.8, 4) is 11.3 Å². The van der Waals surface area contributed by atoms with Crippen molar-refractivity contribution >= 4 is 28.4 Å². The van der Waals surface area contributed by atoms with E-state index in [2.05, 4.69) is 15.0 Å². The number of rotatable bonds is 5. The van der Waals surface area contributed by atoms with E-state index < -0.39 is 4.92 Å². The van der Waals surface area contributed by atoms with E-state index in [1.54, 1.807) is 41.6 Å². The number of thiazole rings is 1. The molecule has 0 saturated heterocycles. The highest BCUT2D eigenvalue weighted by molar-refractivity contribution is 7.07. The molecule has 0 unspecified atom stereocenters. The minimum atomic E-state index is -0.417. The van der Waals surface area contributed by atoms with Gasteiger partial charge < -0.3 is 0 Å². The first-order valence-electron chi connectivity index (χ1n) is 8.98. The monoisotopic (exact) mass is 416 g/mol. The summed E-state index contributed by atoms with van der Waals surface area (Å²) in [5.74, 6) is 0. The van der Waals surface area contributed by atoms with Crippen LogP contribution in [-0.2, 0) is 0 Å². The van der Waals surface area contributed by atoms with Crippen molar-refractivity contribution in [3.63, 3.8) is 0 Å². The van der Waals surface area contributed by atoms with Crippen molar-refractivity contribution < 1.29 is 4.92 Å². The van der Waals surface area contributed by atoms with Gasteiger partial charge in [-0.1, -0.05) is 6.07 Å². The minimum absolute atomic E-state index is 0.0378. The molecule has 4 rings (SSSR count). The molecule has 0 aliphatic rings. The Labute approximate surface area is 175 Å². The maximum absolute atomic E-state index is 11.0. The van der Waals surface area contributed by atoms with Gasteiger partial charge in [0, 0.05) is 47.2 Å². The van der Waals surface area contributed by atoms with E-state index in [9.17, 15) is 10.1 Å². The van der Waals surface area contributed by atoms with Gasteiger partial charge in [0.05, 0.1) is 28.2 Å². The molecule has 0 saturated carbocycles. The Hall–Kier alpha value is -3.98. The van der Waals surface area contributed by atoms with Crippen LogP contribution in [-0.4, -0.2) is 25.3 Å². The molecule has 0 N–H and O–H groups in total. The number of non-ortho nitro benzene ring substituents is 1. The molecule has 0 aliphatic heterocycles. The summed E-state index contributed by atoms with van der Waals surface area (Å²) < 4.78 is 1.74. The summed E-state index contributed by atoms with van der Waals surface area (Å²) in [6.45, 7) is 1.90. The summed E-state index contributed by atoms with van der Waals surface area (Å²) in [6.07, 6.45) is 6.82. The number of aromatic nitrogens is 3. The van der Waals surface area contributed by atoms with Gasteiger partial charge in [-0.05, 0) is 37.3 Å². The van der Waals surface area contributed by atoms with Crippen molar-refractivity contribution in [2.45, 2.75) is 6.92 Å². The third kappa shape index (κ3) is 4.20. The lowest BCUT2D eigenvalue weighted by Gasteiger charge is -2.06. The van der Waals surface area contributed by atoms with Gasteiger partial charge >= 0.3 is 0 Å². The van der Waals surface area contributed by atoms with Crippen LogP contribution in [0.15, 0.2) is 88.8 Å². The number of nitrogens with zero attached hydrogens (tertiary/aromatic N) is 6. The van der Waals surface area contributed by atoms with Gasteiger partial charge in [0.15, 0.2) is 0 Å². The van der Waals surface area contributed by atoms with Gasteiger partial charge in [0.1, 0.15) is 0 Å². The van der Waals surface area contributed by atoms with Crippen LogP contribution in [0.5, 0.6) is 0 Å². The lowest BCUT2D eigenvalue weighted by Crippen LogP contribution is -2.13. The highest BCUT2D eigenvalue weighted by Gasteiger charge is 2.11. The van der Waals surface area contributed by atoms with E-state index in [0.29, 0.717) is 10.5 Å². The second-order valence-corrected chi connectivity index (χ2v) is 7.11. The van der Waals surface area contributed by atoms with E-state index in [1.807, 2.05) is 36.6 Å². The van der Waals surface area contributed by atoms with Crippen LogP contribution in [0.3, 0.4) is 0 Å². The molecule has 0 fully saturated rings. The zero-order chi connectivity index (χ0) is 20.9. The molecular formula is C21H16N6O2S. The Kier molecular flexibility index (Phi) is 5.53. The van der Waals surface area contributed by atoms with Gasteiger partial charge in [0.25, 0.3) is 5.69 Å². The van der Waals surface area contributed by atoms with E-state index in [4.69, 9.17) is 5.10 Å². The highest BCUT2D eigenvalue weighted by atomic mass is 32.1. The number of pyridine rings is 2. The van der Waals surface area contributed by atoms with E-state index in [1.165, 1.54) is 23.5 Å². The Bertz CT molecular complexity index is 1260. The lowest BCUT2D eigenvalue weighted by atomic mass is 10.1. The number of nitro groups is 1. The summed E-state index contributed by atoms with van der Waals surface area (Å²) >= 11 is 1.43. The standard InChI is InChI=1S/C21H16N6O2S/c1-15(17-4-2-10-22-12-17)25-26-20(16-6-8-19(9-7-16)27(28)29)14-30-21(26)24-18-5-3-11-23-13-18/h2-14H,1H3. The van der Waals surface area contributed by atoms with Crippen LogP contribution in [0.2, 0.25) is 0 Å². The summed E-state index contributed by atoms with van der Waals surface area (Å²) in [5.41, 5.74) is 3.97. The first-order valence-corrected chi connectivity index (χ1v) is 9.86. The van der Waals surface area contributed by atoms with Crippen molar-refractivity contribution in [2.75, 3.05) is 0 Å². The fourth-order valence-corrected chi connectivity index (χ4v) is 3.59. The predicted octanol–water partition coefficient (Wildman–Crippen LogP) is 4.42. The fraction of sp³-hybridized carbons (Fsp3) is 0.0476. The number of benzene rings is 1. The fourth-order valence-electron chi connectivity index (χ4n) is 2.74. The average Bonchev–Trinajstić information content (AvgIpc) is 3.17. The molecule has 30 heavy (non-hydrogen) atoms. The second-order valence-electron chi connectivity index (χ2n) is 6.27. The van der Waals surface area contributed by atoms with Crippen LogP contribution in [0.1, 0.15) is 12.5 Å². The quantitative estimate of drug-likeness (QED) is 0.273. The topological polar surface area (TPSA) is 98.6 Å². The molecule has 148 valence electrons. The van der Waals surface area contributed by atoms with Gasteiger partial charge in [0.2, 0.25) is 4.80 Å². The van der Waals surface area contributed by atoms with Crippen LogP contribution in [0.25, 0.3) is 11.3 Å². The molecule has 0 amide bonds. The zero-order valence-electron chi connectivity index (χ0n) is 15.9. The Morgan fingerprint density at radius 3 is 2.43 bits per heavy atom. The first kappa shape index (κ1) is 19.3. The molecule has 0 radical (unpaired) electrons. The van der Waals surface area contributed by atoms with Crippen LogP contribution < -0.4 is 4.80 Å². The van der Waals surface area contributed by atoms with E-state index in [0.717, 1.165) is 22.5 Å². The minimum Gasteiger partial charge on any atom is -0.264 e. The van der Waals surface area contributed by atoms with Crippen LogP contribution in [0, 0.1) is 10.1 Å². The SMILES string of the molecule is CC(=Nn1c(-c2ccc([N+](=O)[O-])cc2)csc1=Nc1cccnc1)c1cccnc1. The molecule has 4 aromatic rings. The molecule has 3 heterocycles. The Morgan fingerprint density at radius 2 is 1.80 bits per heavy atom. The number of hydrogen-bond donors (Lipinski definition) is 0. The van der Waals surface area contributed by atoms with Crippen molar-refractivity contribution in [1.29, 1.82) is 0 Å². The largest absolute Gasteiger partial charge is 0.269 e. The Morgan fingerprint density at radius 1 is 1.07 bits per heavy atom. The lowest BCUT2D eigenvalue weighted by molar-refractivity contribution is -0.384. The van der Waals surface area contributed by atoms with Crippen molar-refractivity contribution in [3.05, 3.63) is 99.2 Å². The molecule has 0 bridgehead atoms. The molecule has 8 nitrogen and oxygen atoms in total. The summed E-state index contributed by atoms with van der Waals surface area (Å²) in [5, 5.41) is 17.7.